The van der Waals surface area contributed by atoms with E-state index in [2.05, 4.69) is 28.2 Å². The molecule has 7 nitrogen and oxygen atoms in total. The zero-order valence-corrected chi connectivity index (χ0v) is 20.6. The molecule has 2 aliphatic heterocycles. The lowest BCUT2D eigenvalue weighted by molar-refractivity contribution is -0.143. The highest BCUT2D eigenvalue weighted by atomic mass is 32.1. The molecule has 3 aromatic rings. The van der Waals surface area contributed by atoms with Crippen molar-refractivity contribution < 1.29 is 9.59 Å². The molecule has 1 aliphatic carbocycles. The first-order valence-electron chi connectivity index (χ1n) is 12.0. The molecule has 0 radical (unpaired) electrons. The van der Waals surface area contributed by atoms with Crippen LogP contribution in [-0.2, 0) is 22.7 Å². The maximum atomic E-state index is 12.8. The minimum absolute atomic E-state index is 0.0238. The van der Waals surface area contributed by atoms with Crippen molar-refractivity contribution in [2.24, 2.45) is 17.3 Å². The van der Waals surface area contributed by atoms with E-state index in [1.54, 1.807) is 11.3 Å². The molecule has 2 unspecified atom stereocenters. The Balaban J connectivity index is 1.33. The molecule has 6 rings (SSSR count). The Labute approximate surface area is 203 Å². The average Bonchev–Trinajstić information content (AvgIpc) is 3.07. The van der Waals surface area contributed by atoms with Crippen LogP contribution in [0.4, 0.5) is 0 Å². The quantitative estimate of drug-likeness (QED) is 0.571. The zero-order valence-electron chi connectivity index (χ0n) is 19.8. The summed E-state index contributed by atoms with van der Waals surface area (Å²) in [5.74, 6) is -0.340. The molecular formula is C26H29N5O2S. The van der Waals surface area contributed by atoms with Crippen LogP contribution in [0.5, 0.6) is 0 Å². The van der Waals surface area contributed by atoms with Crippen LogP contribution in [0.25, 0.3) is 21.5 Å². The predicted molar refractivity (Wildman–Crippen MR) is 132 cm³/mol. The molecule has 1 saturated carbocycles. The number of fused-ring (bicyclic) bond motifs is 2. The summed E-state index contributed by atoms with van der Waals surface area (Å²) in [5.41, 5.74) is 5.25. The van der Waals surface area contributed by atoms with Gasteiger partial charge in [-0.25, -0.2) is 0 Å². The number of carbonyl (C=O) groups excluding carboxylic acids is 2. The fraction of sp³-hybridized carbons (Fsp3) is 0.462. The minimum atomic E-state index is -0.183. The number of pyridine rings is 2. The normalized spacial score (nSPS) is 24.1. The molecule has 3 fully saturated rings. The third-order valence-electron chi connectivity index (χ3n) is 7.80. The highest BCUT2D eigenvalue weighted by molar-refractivity contribution is 7.19. The van der Waals surface area contributed by atoms with E-state index in [0.717, 1.165) is 59.1 Å². The highest BCUT2D eigenvalue weighted by Crippen LogP contribution is 2.63. The van der Waals surface area contributed by atoms with E-state index in [0.29, 0.717) is 6.54 Å². The van der Waals surface area contributed by atoms with Gasteiger partial charge in [0.15, 0.2) is 0 Å². The van der Waals surface area contributed by atoms with E-state index in [9.17, 15) is 9.59 Å². The van der Waals surface area contributed by atoms with Gasteiger partial charge in [0, 0.05) is 55.6 Å². The lowest BCUT2D eigenvalue weighted by Crippen LogP contribution is -2.43. The van der Waals surface area contributed by atoms with Gasteiger partial charge in [0.1, 0.15) is 0 Å². The van der Waals surface area contributed by atoms with Gasteiger partial charge in [-0.15, -0.1) is 11.3 Å². The number of rotatable bonds is 5. The number of carbonyl (C=O) groups is 2. The van der Waals surface area contributed by atoms with E-state index < -0.39 is 0 Å². The van der Waals surface area contributed by atoms with Crippen LogP contribution < -0.4 is 5.32 Å². The van der Waals surface area contributed by atoms with Crippen molar-refractivity contribution in [1.82, 2.24) is 25.1 Å². The van der Waals surface area contributed by atoms with Gasteiger partial charge < -0.3 is 5.32 Å². The second-order valence-electron chi connectivity index (χ2n) is 10.3. The predicted octanol–water partition coefficient (Wildman–Crippen LogP) is 3.21. The largest absolute Gasteiger partial charge is 0.314 e. The fourth-order valence-electron chi connectivity index (χ4n) is 5.68. The van der Waals surface area contributed by atoms with Crippen molar-refractivity contribution in [2.45, 2.75) is 33.9 Å². The molecule has 0 bridgehead atoms. The number of thiophene rings is 1. The van der Waals surface area contributed by atoms with Crippen LogP contribution in [-0.4, -0.2) is 57.8 Å². The number of imide groups is 1. The Morgan fingerprint density at radius 1 is 1.06 bits per heavy atom. The van der Waals surface area contributed by atoms with Crippen molar-refractivity contribution in [1.29, 1.82) is 0 Å². The van der Waals surface area contributed by atoms with E-state index in [4.69, 9.17) is 4.98 Å². The molecule has 0 aromatic carbocycles. The van der Waals surface area contributed by atoms with Gasteiger partial charge in [-0.1, -0.05) is 13.8 Å². The number of nitrogens with one attached hydrogen (secondary N) is 1. The first-order valence-corrected chi connectivity index (χ1v) is 12.8. The van der Waals surface area contributed by atoms with Crippen molar-refractivity contribution in [3.05, 3.63) is 46.6 Å². The zero-order chi connectivity index (χ0) is 23.6. The Kier molecular flexibility index (Phi) is 5.09. The third-order valence-corrected chi connectivity index (χ3v) is 8.95. The molecule has 176 valence electrons. The Morgan fingerprint density at radius 3 is 2.50 bits per heavy atom. The monoisotopic (exact) mass is 475 g/mol. The van der Waals surface area contributed by atoms with E-state index in [1.807, 2.05) is 38.4 Å². The van der Waals surface area contributed by atoms with Gasteiger partial charge in [0.2, 0.25) is 11.8 Å². The lowest BCUT2D eigenvalue weighted by atomic mass is 10.0. The van der Waals surface area contributed by atoms with Crippen molar-refractivity contribution in [3.8, 4) is 11.3 Å². The highest BCUT2D eigenvalue weighted by Gasteiger charge is 2.72. The topological polar surface area (TPSA) is 78.4 Å². The summed E-state index contributed by atoms with van der Waals surface area (Å²) in [6.07, 6.45) is 3.71. The lowest BCUT2D eigenvalue weighted by Gasteiger charge is -2.28. The maximum Gasteiger partial charge on any atom is 0.234 e. The molecule has 8 heteroatoms. The van der Waals surface area contributed by atoms with Crippen LogP contribution in [0.1, 0.15) is 29.9 Å². The summed E-state index contributed by atoms with van der Waals surface area (Å²) < 4.78 is 1.06. The van der Waals surface area contributed by atoms with Crippen LogP contribution in [0, 0.1) is 24.2 Å². The van der Waals surface area contributed by atoms with Gasteiger partial charge in [-0.2, -0.15) is 0 Å². The summed E-state index contributed by atoms with van der Waals surface area (Å²) in [6.45, 7) is 11.4. The summed E-state index contributed by atoms with van der Waals surface area (Å²) >= 11 is 1.61. The number of likely N-dealkylation sites (tertiary alicyclic amines) is 1. The molecule has 34 heavy (non-hydrogen) atoms. The van der Waals surface area contributed by atoms with E-state index in [1.165, 1.54) is 16.0 Å². The smallest absolute Gasteiger partial charge is 0.234 e. The molecular weight excluding hydrogens is 446 g/mol. The first-order chi connectivity index (χ1) is 16.4. The van der Waals surface area contributed by atoms with Crippen molar-refractivity contribution >= 4 is 33.4 Å². The molecule has 3 aliphatic rings. The van der Waals surface area contributed by atoms with Gasteiger partial charge >= 0.3 is 0 Å². The van der Waals surface area contributed by atoms with Gasteiger partial charge in [-0.05, 0) is 41.7 Å². The van der Waals surface area contributed by atoms with Gasteiger partial charge in [0.25, 0.3) is 0 Å². The van der Waals surface area contributed by atoms with Gasteiger partial charge in [-0.3, -0.25) is 29.4 Å². The summed E-state index contributed by atoms with van der Waals surface area (Å²) in [6, 6.07) is 6.14. The average molecular weight is 476 g/mol. The second-order valence-corrected chi connectivity index (χ2v) is 11.4. The Bertz CT molecular complexity index is 1290. The first kappa shape index (κ1) is 21.8. The Morgan fingerprint density at radius 2 is 1.76 bits per heavy atom. The number of aryl methyl sites for hydroxylation is 1. The molecule has 2 saturated heterocycles. The maximum absolute atomic E-state index is 12.8. The van der Waals surface area contributed by atoms with Crippen LogP contribution in [0.15, 0.2) is 30.6 Å². The number of aromatic nitrogens is 2. The van der Waals surface area contributed by atoms with Crippen molar-refractivity contribution in [3.63, 3.8) is 0 Å². The molecule has 1 N–H and O–H groups in total. The Hall–Kier alpha value is -2.68. The van der Waals surface area contributed by atoms with E-state index >= 15 is 0 Å². The number of piperazine rings is 1. The summed E-state index contributed by atoms with van der Waals surface area (Å²) in [4.78, 5) is 40.0. The van der Waals surface area contributed by atoms with Crippen molar-refractivity contribution in [2.75, 3.05) is 26.2 Å². The summed E-state index contributed by atoms with van der Waals surface area (Å²) in [5, 5.41) is 3.42. The number of piperidine rings is 1. The van der Waals surface area contributed by atoms with Crippen LogP contribution in [0.3, 0.4) is 0 Å². The molecule has 2 amide bonds. The fourth-order valence-corrected chi connectivity index (χ4v) is 6.80. The molecule has 2 atom stereocenters. The molecule has 0 spiro atoms. The number of hydrogen-bond donors (Lipinski definition) is 1. The standard InChI is InChI=1S/C26H29N5O2S/c1-15-4-6-29-22(18(15)14-30-10-8-27-9-11-30)17-5-7-28-19-12-16(34-23(17)19)13-31-24(32)20-21(25(31)33)26(20,2)3/h4-7,12,20-21,27H,8-11,13-14H2,1-3H3. The van der Waals surface area contributed by atoms with Crippen LogP contribution >= 0.6 is 11.3 Å². The summed E-state index contributed by atoms with van der Waals surface area (Å²) in [7, 11) is 0. The number of nitrogens with zero attached hydrogens (tertiary/aromatic N) is 4. The minimum Gasteiger partial charge on any atom is -0.314 e. The molecule has 3 aromatic heterocycles. The number of amides is 2. The second kappa shape index (κ2) is 7.93. The third kappa shape index (κ3) is 3.39. The van der Waals surface area contributed by atoms with E-state index in [-0.39, 0.29) is 29.1 Å². The van der Waals surface area contributed by atoms with Gasteiger partial charge in [0.05, 0.1) is 34.3 Å². The SMILES string of the molecule is Cc1ccnc(-c2ccnc3cc(CN4C(=O)C5C(C4=O)C5(C)C)sc23)c1CN1CCNCC1. The molecule has 5 heterocycles. The number of hydrogen-bond acceptors (Lipinski definition) is 7. The van der Waals surface area contributed by atoms with Crippen LogP contribution in [0.2, 0.25) is 0 Å².